The SMILES string of the molecule is CCCNC(CCc1ccccc1)c1csc(C)n1. The lowest BCUT2D eigenvalue weighted by Gasteiger charge is -2.16. The average Bonchev–Trinajstić information content (AvgIpc) is 2.86. The maximum Gasteiger partial charge on any atom is 0.0898 e. The molecule has 0 amide bonds. The fourth-order valence-electron chi connectivity index (χ4n) is 2.17. The van der Waals surface area contributed by atoms with Gasteiger partial charge in [0.05, 0.1) is 16.7 Å². The van der Waals surface area contributed by atoms with Crippen molar-refractivity contribution in [2.24, 2.45) is 0 Å². The van der Waals surface area contributed by atoms with Crippen LogP contribution in [0.5, 0.6) is 0 Å². The van der Waals surface area contributed by atoms with E-state index in [1.807, 2.05) is 0 Å². The van der Waals surface area contributed by atoms with E-state index >= 15 is 0 Å². The van der Waals surface area contributed by atoms with Gasteiger partial charge in [-0.25, -0.2) is 4.98 Å². The summed E-state index contributed by atoms with van der Waals surface area (Å²) in [5.41, 5.74) is 2.60. The lowest BCUT2D eigenvalue weighted by atomic mass is 10.0. The fourth-order valence-corrected chi connectivity index (χ4v) is 2.84. The molecule has 0 aliphatic rings. The average molecular weight is 274 g/mol. The summed E-state index contributed by atoms with van der Waals surface area (Å²) in [5, 5.41) is 6.95. The monoisotopic (exact) mass is 274 g/mol. The van der Waals surface area contributed by atoms with E-state index in [1.54, 1.807) is 11.3 Å². The minimum absolute atomic E-state index is 0.380. The van der Waals surface area contributed by atoms with E-state index < -0.39 is 0 Å². The highest BCUT2D eigenvalue weighted by atomic mass is 32.1. The van der Waals surface area contributed by atoms with Crippen molar-refractivity contribution < 1.29 is 0 Å². The molecular weight excluding hydrogens is 252 g/mol. The summed E-state index contributed by atoms with van der Waals surface area (Å²) in [5.74, 6) is 0. The fraction of sp³-hybridized carbons (Fsp3) is 0.438. The Bertz CT molecular complexity index is 479. The Kier molecular flexibility index (Phi) is 5.55. The van der Waals surface area contributed by atoms with Crippen molar-refractivity contribution in [2.45, 2.75) is 39.2 Å². The maximum atomic E-state index is 4.63. The number of aryl methyl sites for hydroxylation is 2. The first-order valence-corrected chi connectivity index (χ1v) is 7.87. The zero-order valence-electron chi connectivity index (χ0n) is 11.7. The normalized spacial score (nSPS) is 12.5. The van der Waals surface area contributed by atoms with Gasteiger partial charge >= 0.3 is 0 Å². The van der Waals surface area contributed by atoms with Gasteiger partial charge in [-0.15, -0.1) is 11.3 Å². The van der Waals surface area contributed by atoms with Crippen LogP contribution >= 0.6 is 11.3 Å². The van der Waals surface area contributed by atoms with Crippen LogP contribution in [0, 0.1) is 6.92 Å². The molecule has 2 rings (SSSR count). The minimum Gasteiger partial charge on any atom is -0.309 e. The van der Waals surface area contributed by atoms with Crippen LogP contribution < -0.4 is 5.32 Å². The second-order valence-electron chi connectivity index (χ2n) is 4.82. The summed E-state index contributed by atoms with van der Waals surface area (Å²) >= 11 is 1.74. The summed E-state index contributed by atoms with van der Waals surface area (Å²) in [4.78, 5) is 4.63. The number of hydrogen-bond donors (Lipinski definition) is 1. The Morgan fingerprint density at radius 1 is 1.26 bits per heavy atom. The molecule has 1 atom stereocenters. The lowest BCUT2D eigenvalue weighted by molar-refractivity contribution is 0.490. The minimum atomic E-state index is 0.380. The molecule has 0 saturated carbocycles. The number of thiazole rings is 1. The molecule has 1 aromatic heterocycles. The van der Waals surface area contributed by atoms with Crippen molar-refractivity contribution >= 4 is 11.3 Å². The van der Waals surface area contributed by atoms with E-state index in [0.717, 1.165) is 30.8 Å². The van der Waals surface area contributed by atoms with E-state index in [1.165, 1.54) is 11.3 Å². The van der Waals surface area contributed by atoms with Crippen LogP contribution in [0.4, 0.5) is 0 Å². The topological polar surface area (TPSA) is 24.9 Å². The third-order valence-corrected chi connectivity index (χ3v) is 3.99. The van der Waals surface area contributed by atoms with Crippen molar-refractivity contribution in [1.82, 2.24) is 10.3 Å². The first-order valence-electron chi connectivity index (χ1n) is 6.99. The molecule has 19 heavy (non-hydrogen) atoms. The summed E-state index contributed by atoms with van der Waals surface area (Å²) in [6.07, 6.45) is 3.36. The Morgan fingerprint density at radius 2 is 2.05 bits per heavy atom. The Morgan fingerprint density at radius 3 is 2.68 bits per heavy atom. The Labute approximate surface area is 119 Å². The second kappa shape index (κ2) is 7.41. The van der Waals surface area contributed by atoms with Gasteiger partial charge in [-0.2, -0.15) is 0 Å². The summed E-state index contributed by atoms with van der Waals surface area (Å²) < 4.78 is 0. The quantitative estimate of drug-likeness (QED) is 0.821. The zero-order valence-corrected chi connectivity index (χ0v) is 12.5. The highest BCUT2D eigenvalue weighted by molar-refractivity contribution is 7.09. The molecule has 1 N–H and O–H groups in total. The molecule has 2 aromatic rings. The molecule has 1 heterocycles. The van der Waals surface area contributed by atoms with Gasteiger partial charge in [0.25, 0.3) is 0 Å². The largest absolute Gasteiger partial charge is 0.309 e. The van der Waals surface area contributed by atoms with Crippen LogP contribution in [0.1, 0.15) is 42.1 Å². The molecule has 2 nitrogen and oxygen atoms in total. The molecule has 0 bridgehead atoms. The van der Waals surface area contributed by atoms with Gasteiger partial charge in [-0.3, -0.25) is 0 Å². The van der Waals surface area contributed by atoms with Crippen LogP contribution in [-0.4, -0.2) is 11.5 Å². The molecular formula is C16H22N2S. The maximum absolute atomic E-state index is 4.63. The molecule has 0 aliphatic carbocycles. The van der Waals surface area contributed by atoms with Crippen molar-refractivity contribution in [2.75, 3.05) is 6.54 Å². The van der Waals surface area contributed by atoms with Crippen molar-refractivity contribution in [3.05, 3.63) is 52.0 Å². The van der Waals surface area contributed by atoms with Crippen LogP contribution in [0.15, 0.2) is 35.7 Å². The predicted molar refractivity (Wildman–Crippen MR) is 82.6 cm³/mol. The Hall–Kier alpha value is -1.19. The van der Waals surface area contributed by atoms with Gasteiger partial charge < -0.3 is 5.32 Å². The lowest BCUT2D eigenvalue weighted by Crippen LogP contribution is -2.23. The molecule has 0 spiro atoms. The zero-order chi connectivity index (χ0) is 13.5. The molecule has 1 aromatic carbocycles. The molecule has 1 unspecified atom stereocenters. The summed E-state index contributed by atoms with van der Waals surface area (Å²) in [6, 6.07) is 11.1. The number of benzene rings is 1. The van der Waals surface area contributed by atoms with Crippen LogP contribution in [0.3, 0.4) is 0 Å². The first kappa shape index (κ1) is 14.2. The number of rotatable bonds is 7. The molecule has 102 valence electrons. The van der Waals surface area contributed by atoms with E-state index in [4.69, 9.17) is 0 Å². The molecule has 0 saturated heterocycles. The Balaban J connectivity index is 1.98. The summed E-state index contributed by atoms with van der Waals surface area (Å²) in [6.45, 7) is 5.33. The van der Waals surface area contributed by atoms with Gasteiger partial charge in [0, 0.05) is 5.38 Å². The van der Waals surface area contributed by atoms with Crippen molar-refractivity contribution in [3.63, 3.8) is 0 Å². The van der Waals surface area contributed by atoms with Crippen molar-refractivity contribution in [3.8, 4) is 0 Å². The standard InChI is InChI=1S/C16H22N2S/c1-3-11-17-15(16-12-19-13(2)18-16)10-9-14-7-5-4-6-8-14/h4-8,12,15,17H,3,9-11H2,1-2H3. The second-order valence-corrected chi connectivity index (χ2v) is 5.88. The first-order chi connectivity index (χ1) is 9.29. The highest BCUT2D eigenvalue weighted by Crippen LogP contribution is 2.21. The van der Waals surface area contributed by atoms with Gasteiger partial charge in [-0.05, 0) is 38.3 Å². The number of hydrogen-bond acceptors (Lipinski definition) is 3. The third kappa shape index (κ3) is 4.44. The molecule has 3 heteroatoms. The van der Waals surface area contributed by atoms with E-state index in [-0.39, 0.29) is 0 Å². The summed E-state index contributed by atoms with van der Waals surface area (Å²) in [7, 11) is 0. The van der Waals surface area contributed by atoms with E-state index in [0.29, 0.717) is 6.04 Å². The molecule has 0 aliphatic heterocycles. The smallest absolute Gasteiger partial charge is 0.0898 e. The van der Waals surface area contributed by atoms with Gasteiger partial charge in [0.15, 0.2) is 0 Å². The van der Waals surface area contributed by atoms with Gasteiger partial charge in [0.2, 0.25) is 0 Å². The van der Waals surface area contributed by atoms with Crippen LogP contribution in [-0.2, 0) is 6.42 Å². The van der Waals surface area contributed by atoms with E-state index in [2.05, 4.69) is 59.9 Å². The third-order valence-electron chi connectivity index (χ3n) is 3.20. The highest BCUT2D eigenvalue weighted by Gasteiger charge is 2.13. The van der Waals surface area contributed by atoms with Crippen LogP contribution in [0.25, 0.3) is 0 Å². The van der Waals surface area contributed by atoms with Crippen LogP contribution in [0.2, 0.25) is 0 Å². The van der Waals surface area contributed by atoms with Gasteiger partial charge in [0.1, 0.15) is 0 Å². The molecule has 0 radical (unpaired) electrons. The number of nitrogens with zero attached hydrogens (tertiary/aromatic N) is 1. The molecule has 0 fully saturated rings. The van der Waals surface area contributed by atoms with Gasteiger partial charge in [-0.1, -0.05) is 37.3 Å². The predicted octanol–water partition coefficient (Wildman–Crippen LogP) is 4.13. The number of aromatic nitrogens is 1. The van der Waals surface area contributed by atoms with E-state index in [9.17, 15) is 0 Å². The van der Waals surface area contributed by atoms with Crippen molar-refractivity contribution in [1.29, 1.82) is 0 Å². The number of nitrogens with one attached hydrogen (secondary N) is 1.